The van der Waals surface area contributed by atoms with Gasteiger partial charge in [0.2, 0.25) is 0 Å². The van der Waals surface area contributed by atoms with Crippen LogP contribution in [-0.4, -0.2) is 13.3 Å². The maximum absolute atomic E-state index is 3.38. The van der Waals surface area contributed by atoms with Gasteiger partial charge in [0, 0.05) is 0 Å². The predicted octanol–water partition coefficient (Wildman–Crippen LogP) is 1.79. The Labute approximate surface area is 30.0 Å². The van der Waals surface area contributed by atoms with Crippen LogP contribution in [0.1, 0.15) is 0 Å². The first-order valence-corrected chi connectivity index (χ1v) is 4.70. The van der Waals surface area contributed by atoms with Gasteiger partial charge in [-0.05, 0) is 0 Å². The van der Waals surface area contributed by atoms with E-state index >= 15 is 0 Å². The van der Waals surface area contributed by atoms with Crippen LogP contribution in [0.3, 0.4) is 0 Å². The summed E-state index contributed by atoms with van der Waals surface area (Å²) in [7, 11) is 3.56. The zero-order valence-corrected chi connectivity index (χ0v) is 4.84. The smallest absolute Gasteiger partial charge is 0.0981 e. The van der Waals surface area contributed by atoms with Gasteiger partial charge < -0.3 is 0 Å². The summed E-state index contributed by atoms with van der Waals surface area (Å²) in [5, 5.41) is 0. The molecule has 0 aromatic rings. The first-order chi connectivity index (χ1) is 1.73. The van der Waals surface area contributed by atoms with Crippen molar-refractivity contribution in [2.45, 2.75) is 0 Å². The summed E-state index contributed by atoms with van der Waals surface area (Å²) in [6.07, 6.45) is 0. The molecule has 0 saturated heterocycles. The van der Waals surface area contributed by atoms with Crippen molar-refractivity contribution in [2.75, 3.05) is 13.3 Å². The van der Waals surface area contributed by atoms with Gasteiger partial charge in [0.1, 0.15) is 15.7 Å². The van der Waals surface area contributed by atoms with Crippen molar-refractivity contribution in [3.05, 3.63) is 0 Å². The topological polar surface area (TPSA) is 0 Å². The quantitative estimate of drug-likeness (QED) is 0.400. The van der Waals surface area contributed by atoms with E-state index in [4.69, 9.17) is 0 Å². The number of rotatable bonds is 0. The Morgan fingerprint density at radius 3 is 1.50 bits per heavy atom. The highest BCUT2D eigenvalue weighted by Gasteiger charge is 1.68. The molecule has 0 aliphatic heterocycles. The zero-order valence-electron chi connectivity index (χ0n) is 2.95. The van der Waals surface area contributed by atoms with E-state index in [1.165, 1.54) is 0 Å². The lowest BCUT2D eigenvalue weighted by Gasteiger charge is -1.48. The summed E-state index contributed by atoms with van der Waals surface area (Å²) in [5.74, 6) is 0. The molecule has 0 nitrogen and oxygen atoms in total. The number of hydrogen-bond donors (Lipinski definition) is 0. The highest BCUT2D eigenvalue weighted by molar-refractivity contribution is 7.85. The molecule has 0 aliphatic rings. The van der Waals surface area contributed by atoms with Gasteiger partial charge >= 0.3 is 0 Å². The van der Waals surface area contributed by atoms with Crippen LogP contribution in [0.5, 0.6) is 0 Å². The van der Waals surface area contributed by atoms with Crippen LogP contribution in [0.15, 0.2) is 0 Å². The van der Waals surface area contributed by atoms with Crippen molar-refractivity contribution in [2.24, 2.45) is 0 Å². The van der Waals surface area contributed by atoms with Gasteiger partial charge in [0.05, 0.1) is 13.3 Å². The zero-order chi connectivity index (χ0) is 3.58. The summed E-state index contributed by atoms with van der Waals surface area (Å²) in [4.78, 5) is 0. The fourth-order valence-electron chi connectivity index (χ4n) is 0. The van der Waals surface area contributed by atoms with Gasteiger partial charge in [-0.15, -0.1) is 0 Å². The molecule has 0 rings (SSSR count). The van der Waals surface area contributed by atoms with Gasteiger partial charge in [-0.1, -0.05) is 0 Å². The molecule has 0 N–H and O–H groups in total. The summed E-state index contributed by atoms with van der Waals surface area (Å²) < 4.78 is 0. The Morgan fingerprint density at radius 2 is 1.50 bits per heavy atom. The summed E-state index contributed by atoms with van der Waals surface area (Å²) in [6, 6.07) is 0. The third-order valence-corrected chi connectivity index (χ3v) is 0. The first kappa shape index (κ1) is 4.60. The molecule has 0 aliphatic carbocycles. The minimum Gasteiger partial charge on any atom is 0.0981 e. The summed E-state index contributed by atoms with van der Waals surface area (Å²) in [6.45, 7) is 4.29. The van der Waals surface area contributed by atoms with Crippen molar-refractivity contribution < 1.29 is 0 Å². The second-order valence-corrected chi connectivity index (χ2v) is 5.37. The second-order valence-electron chi connectivity index (χ2n) is 0.894. The Hall–Kier alpha value is 0.600. The van der Waals surface area contributed by atoms with Crippen LogP contribution in [0.25, 0.3) is 0 Å². The highest BCUT2D eigenvalue weighted by atomic mass is 31.7. The normalized spacial score (nSPS) is 6.50. The van der Waals surface area contributed by atoms with Crippen LogP contribution in [-0.2, 0) is 0 Å². The van der Waals surface area contributed by atoms with Gasteiger partial charge in [0.25, 0.3) is 0 Å². The Kier molecular flexibility index (Phi) is 2.16. The summed E-state index contributed by atoms with van der Waals surface area (Å²) in [5.41, 5.74) is 0. The molecule has 0 amide bonds. The largest absolute Gasteiger partial charge is 0.106 e. The van der Waals surface area contributed by atoms with Crippen LogP contribution in [0, 0.1) is 0 Å². The predicted molar refractivity (Wildman–Crippen MR) is 27.1 cm³/mol. The van der Waals surface area contributed by atoms with Crippen molar-refractivity contribution in [3.8, 4) is 0 Å². The van der Waals surface area contributed by atoms with Crippen molar-refractivity contribution >= 4 is 15.7 Å². The van der Waals surface area contributed by atoms with Gasteiger partial charge in [-0.3, -0.25) is 0 Å². The molecule has 0 radical (unpaired) electrons. The molecular weight excluding hydrogens is 86.0 g/mol. The lowest BCUT2D eigenvalue weighted by Crippen LogP contribution is -1.26. The van der Waals surface area contributed by atoms with Crippen molar-refractivity contribution in [1.82, 2.24) is 0 Å². The SMILES string of the molecule is C[P+](C)=P. The lowest BCUT2D eigenvalue weighted by atomic mass is 11.9. The fourth-order valence-corrected chi connectivity index (χ4v) is 0. The van der Waals surface area contributed by atoms with E-state index < -0.39 is 0 Å². The Bertz CT molecular complexity index is 27.0. The monoisotopic (exact) mass is 93.0 g/mol. The van der Waals surface area contributed by atoms with Crippen LogP contribution in [0.4, 0.5) is 0 Å². The maximum atomic E-state index is 3.38. The lowest BCUT2D eigenvalue weighted by molar-refractivity contribution is 2.31. The van der Waals surface area contributed by atoms with Gasteiger partial charge in [-0.25, -0.2) is 0 Å². The van der Waals surface area contributed by atoms with E-state index in [1.54, 1.807) is 0 Å². The van der Waals surface area contributed by atoms with E-state index in [1.807, 2.05) is 0 Å². The molecule has 0 aromatic heterocycles. The third-order valence-electron chi connectivity index (χ3n) is 0. The third kappa shape index (κ3) is 18.5. The molecule has 0 saturated carbocycles. The molecular formula is C2H7P2+. The van der Waals surface area contributed by atoms with E-state index in [2.05, 4.69) is 21.9 Å². The molecule has 24 valence electrons. The van der Waals surface area contributed by atoms with Crippen LogP contribution < -0.4 is 0 Å². The molecule has 0 heterocycles. The maximum Gasteiger partial charge on any atom is 0.106 e. The fraction of sp³-hybridized carbons (Fsp3) is 1.00. The van der Waals surface area contributed by atoms with E-state index in [-0.39, 0.29) is 7.21 Å². The molecule has 0 fully saturated rings. The minimum atomic E-state index is 0.185. The summed E-state index contributed by atoms with van der Waals surface area (Å²) >= 11 is 0. The molecule has 0 bridgehead atoms. The molecule has 4 heavy (non-hydrogen) atoms. The second kappa shape index (κ2) is 1.88. The molecule has 0 unspecified atom stereocenters. The molecule has 0 spiro atoms. The van der Waals surface area contributed by atoms with Gasteiger partial charge in [-0.2, -0.15) is 0 Å². The molecule has 0 aromatic carbocycles. The van der Waals surface area contributed by atoms with Crippen LogP contribution >= 0.6 is 15.7 Å². The Morgan fingerprint density at radius 1 is 1.50 bits per heavy atom. The molecule has 2 heteroatoms. The number of hydrogen-bond acceptors (Lipinski definition) is 0. The first-order valence-electron chi connectivity index (χ1n) is 1.12. The van der Waals surface area contributed by atoms with Gasteiger partial charge in [0.15, 0.2) is 0 Å². The van der Waals surface area contributed by atoms with Crippen molar-refractivity contribution in [3.63, 3.8) is 0 Å². The van der Waals surface area contributed by atoms with E-state index in [0.29, 0.717) is 0 Å². The average molecular weight is 93.0 g/mol. The van der Waals surface area contributed by atoms with E-state index in [9.17, 15) is 0 Å². The van der Waals surface area contributed by atoms with Crippen molar-refractivity contribution in [1.29, 1.82) is 0 Å². The Balaban J connectivity index is 2.80. The minimum absolute atomic E-state index is 0.185. The van der Waals surface area contributed by atoms with E-state index in [0.717, 1.165) is 0 Å². The van der Waals surface area contributed by atoms with Crippen LogP contribution in [0.2, 0.25) is 0 Å². The average Bonchev–Trinajstić information content (AvgIpc) is 0.811. The molecule has 0 atom stereocenters. The highest BCUT2D eigenvalue weighted by Crippen LogP contribution is 2.12. The standard InChI is InChI=1S/C2H7P2/c1-4(2)3/h3H,1-2H3/q+1.